The van der Waals surface area contributed by atoms with Gasteiger partial charge in [-0.2, -0.15) is 17.6 Å². The normalized spacial score (nSPS) is 14.8. The Morgan fingerprint density at radius 2 is 1.62 bits per heavy atom. The lowest BCUT2D eigenvalue weighted by atomic mass is 10.3. The zero-order valence-corrected chi connectivity index (χ0v) is 10.7. The van der Waals surface area contributed by atoms with Crippen LogP contribution in [0.25, 0.3) is 0 Å². The number of rotatable bonds is 4. The fourth-order valence-electron chi connectivity index (χ4n) is 0.518. The Morgan fingerprint density at radius 3 is 1.85 bits per heavy atom. The van der Waals surface area contributed by atoms with Crippen LogP contribution in [-0.2, 0) is 0 Å². The molecule has 8 heteroatoms. The highest BCUT2D eigenvalue weighted by Gasteiger charge is 2.54. The molecule has 0 N–H and O–H groups in total. The quantitative estimate of drug-likeness (QED) is 0.308. The van der Waals surface area contributed by atoms with Gasteiger partial charge in [-0.1, -0.05) is 0 Å². The maximum Gasteiger partial charge on any atom is 0.363 e. The van der Waals surface area contributed by atoms with E-state index in [0.717, 1.165) is 0 Å². The van der Waals surface area contributed by atoms with E-state index >= 15 is 0 Å². The second-order valence-corrected chi connectivity index (χ2v) is 12.0. The summed E-state index contributed by atoms with van der Waals surface area (Å²) in [5, 5.41) is 0. The molecule has 0 aromatic heterocycles. The first-order valence-corrected chi connectivity index (χ1v) is 8.80. The average molecular weight is 322 g/mol. The molecule has 0 saturated heterocycles. The fraction of sp³-hybridized carbons (Fsp3) is 1.00. The highest BCUT2D eigenvalue weighted by molar-refractivity contribution is 9.10. The van der Waals surface area contributed by atoms with Gasteiger partial charge < -0.3 is 0 Å². The summed E-state index contributed by atoms with van der Waals surface area (Å²) in [4.78, 5) is -4.20. The van der Waals surface area contributed by atoms with Crippen molar-refractivity contribution in [2.75, 3.05) is 0 Å². The summed E-state index contributed by atoms with van der Waals surface area (Å²) in [5.74, 6) is -4.11. The van der Waals surface area contributed by atoms with E-state index in [2.05, 4.69) is 0 Å². The summed E-state index contributed by atoms with van der Waals surface area (Å²) in [6, 6.07) is -0.274. The summed E-state index contributed by atoms with van der Waals surface area (Å²) in [5.41, 5.74) is 0. The molecule has 0 atom stereocenters. The summed E-state index contributed by atoms with van der Waals surface area (Å²) in [7, 11) is 0. The van der Waals surface area contributed by atoms with Gasteiger partial charge >= 0.3 is 10.8 Å². The lowest BCUT2D eigenvalue weighted by molar-refractivity contribution is -0.148. The largest absolute Gasteiger partial charge is 0.363 e. The number of alkyl halides is 5. The molecule has 0 aliphatic carbocycles. The lowest BCUT2D eigenvalue weighted by Gasteiger charge is -2.22. The molecule has 0 nitrogen and oxygen atoms in total. The molecule has 0 heterocycles. The van der Waals surface area contributed by atoms with Gasteiger partial charge in [0.25, 0.3) is 0 Å². The molecule has 0 fully saturated rings. The van der Waals surface area contributed by atoms with Crippen LogP contribution in [0.15, 0.2) is 0 Å². The number of halogens is 7. The van der Waals surface area contributed by atoms with Crippen LogP contribution >= 0.6 is 38.1 Å². The Kier molecular flexibility index (Phi) is 4.57. The van der Waals surface area contributed by atoms with Crippen LogP contribution in [0.3, 0.4) is 0 Å². The van der Waals surface area contributed by atoms with E-state index in [0.29, 0.717) is 0 Å². The topological polar surface area (TPSA) is 0 Å². The summed E-state index contributed by atoms with van der Waals surface area (Å²) < 4.78 is 49.5. The summed E-state index contributed by atoms with van der Waals surface area (Å²) >= 11 is 12.6. The molecule has 13 heavy (non-hydrogen) atoms. The SMILES string of the molecule is C[Si](Cl)(Cl)CCC(F)(F)C(F)(F)Br. The molecule has 0 radical (unpaired) electrons. The maximum atomic E-state index is 12.6. The van der Waals surface area contributed by atoms with Gasteiger partial charge in [0.05, 0.1) is 0 Å². The van der Waals surface area contributed by atoms with E-state index in [-0.39, 0.29) is 6.04 Å². The van der Waals surface area contributed by atoms with Crippen molar-refractivity contribution < 1.29 is 17.6 Å². The molecule has 0 aromatic carbocycles. The Labute approximate surface area is 92.1 Å². The standard InChI is InChI=1S/C5H7BrCl2F4Si/c1-13(7,8)3-2-4(9,10)5(6,11)12/h2-3H2,1H3. The van der Waals surface area contributed by atoms with E-state index < -0.39 is 23.9 Å². The van der Waals surface area contributed by atoms with Crippen molar-refractivity contribution in [1.29, 1.82) is 0 Å². The van der Waals surface area contributed by atoms with Crippen molar-refractivity contribution in [3.63, 3.8) is 0 Å². The van der Waals surface area contributed by atoms with Gasteiger partial charge in [0.15, 0.2) is 0 Å². The van der Waals surface area contributed by atoms with E-state index in [4.69, 9.17) is 22.2 Å². The Morgan fingerprint density at radius 1 is 1.23 bits per heavy atom. The Hall–Kier alpha value is 0.997. The van der Waals surface area contributed by atoms with Gasteiger partial charge in [0, 0.05) is 6.42 Å². The van der Waals surface area contributed by atoms with E-state index in [9.17, 15) is 17.6 Å². The van der Waals surface area contributed by atoms with Crippen molar-refractivity contribution in [1.82, 2.24) is 0 Å². The van der Waals surface area contributed by atoms with Gasteiger partial charge in [0.2, 0.25) is 6.69 Å². The Bertz CT molecular complexity index is 176. The summed E-state index contributed by atoms with van der Waals surface area (Å²) in [6.45, 7) is -1.33. The number of hydrogen-bond donors (Lipinski definition) is 0. The van der Waals surface area contributed by atoms with E-state index in [1.807, 2.05) is 0 Å². The summed E-state index contributed by atoms with van der Waals surface area (Å²) in [6.07, 6.45) is -1.01. The molecule has 0 amide bonds. The van der Waals surface area contributed by atoms with Crippen LogP contribution < -0.4 is 0 Å². The molecular weight excluding hydrogens is 315 g/mol. The lowest BCUT2D eigenvalue weighted by Crippen LogP contribution is -2.36. The second-order valence-electron chi connectivity index (χ2n) is 2.77. The second kappa shape index (κ2) is 4.24. The Balaban J connectivity index is 4.21. The van der Waals surface area contributed by atoms with E-state index in [1.54, 1.807) is 15.9 Å². The maximum absolute atomic E-state index is 12.6. The van der Waals surface area contributed by atoms with Gasteiger partial charge in [-0.05, 0) is 28.5 Å². The van der Waals surface area contributed by atoms with Gasteiger partial charge in [0.1, 0.15) is 0 Å². The molecule has 0 bridgehead atoms. The minimum atomic E-state index is -4.20. The predicted octanol–water partition coefficient (Wildman–Crippen LogP) is 4.55. The third-order valence-electron chi connectivity index (χ3n) is 1.29. The van der Waals surface area contributed by atoms with Crippen molar-refractivity contribution in [3.05, 3.63) is 0 Å². The van der Waals surface area contributed by atoms with E-state index in [1.165, 1.54) is 6.55 Å². The van der Waals surface area contributed by atoms with Crippen LogP contribution in [0, 0.1) is 0 Å². The zero-order valence-electron chi connectivity index (χ0n) is 6.56. The molecule has 0 rings (SSSR count). The van der Waals surface area contributed by atoms with Crippen LogP contribution in [0.4, 0.5) is 17.6 Å². The fourth-order valence-corrected chi connectivity index (χ4v) is 2.04. The molecule has 0 aliphatic rings. The molecule has 0 aromatic rings. The minimum absolute atomic E-state index is 0.274. The monoisotopic (exact) mass is 320 g/mol. The average Bonchev–Trinajstić information content (AvgIpc) is 1.79. The first-order valence-electron chi connectivity index (χ1n) is 3.28. The first kappa shape index (κ1) is 14.0. The molecule has 0 saturated carbocycles. The number of hydrogen-bond acceptors (Lipinski definition) is 0. The van der Waals surface area contributed by atoms with Gasteiger partial charge in [-0.25, -0.2) is 0 Å². The highest BCUT2D eigenvalue weighted by atomic mass is 79.9. The van der Waals surface area contributed by atoms with Crippen molar-refractivity contribution in [2.24, 2.45) is 0 Å². The molecule has 0 aliphatic heterocycles. The molecule has 80 valence electrons. The zero-order chi connectivity index (χ0) is 10.9. The first-order chi connectivity index (χ1) is 5.46. The van der Waals surface area contributed by atoms with Crippen LogP contribution in [-0.4, -0.2) is 17.4 Å². The van der Waals surface area contributed by atoms with Crippen LogP contribution in [0.5, 0.6) is 0 Å². The van der Waals surface area contributed by atoms with Crippen molar-refractivity contribution >= 4 is 44.8 Å². The molecule has 0 spiro atoms. The highest BCUT2D eigenvalue weighted by Crippen LogP contribution is 2.43. The van der Waals surface area contributed by atoms with Gasteiger partial charge in [-0.15, -0.1) is 22.2 Å². The smallest absolute Gasteiger partial charge is 0.199 e. The third kappa shape index (κ3) is 5.44. The van der Waals surface area contributed by atoms with Gasteiger partial charge in [-0.3, -0.25) is 0 Å². The van der Waals surface area contributed by atoms with Crippen molar-refractivity contribution in [3.8, 4) is 0 Å². The molecule has 0 unspecified atom stereocenters. The third-order valence-corrected chi connectivity index (χ3v) is 4.13. The molecular formula is C5H7BrCl2F4Si. The van der Waals surface area contributed by atoms with Crippen LogP contribution in [0.2, 0.25) is 12.6 Å². The minimum Gasteiger partial charge on any atom is -0.199 e. The van der Waals surface area contributed by atoms with Crippen LogP contribution in [0.1, 0.15) is 6.42 Å². The van der Waals surface area contributed by atoms with Crippen molar-refractivity contribution in [2.45, 2.75) is 29.8 Å². The predicted molar refractivity (Wildman–Crippen MR) is 51.6 cm³/mol.